The molecule has 3 rings (SSSR count). The van der Waals surface area contributed by atoms with E-state index in [9.17, 15) is 4.79 Å². The number of nitrogens with one attached hydrogen (secondary N) is 1. The molecule has 2 aliphatic rings. The molecule has 0 aliphatic carbocycles. The number of halogens is 1. The van der Waals surface area contributed by atoms with Crippen LogP contribution >= 0.6 is 15.9 Å². The molecule has 1 amide bonds. The maximum Gasteiger partial charge on any atom is 0.410 e. The molecule has 2 atom stereocenters. The van der Waals surface area contributed by atoms with Crippen molar-refractivity contribution in [1.82, 2.24) is 9.88 Å². The molecule has 132 valence electrons. The van der Waals surface area contributed by atoms with Gasteiger partial charge in [0, 0.05) is 17.1 Å². The minimum absolute atomic E-state index is 0.101. The molecule has 3 heterocycles. The van der Waals surface area contributed by atoms with Crippen LogP contribution in [0.15, 0.2) is 10.5 Å². The number of hydrogen-bond acceptors (Lipinski definition) is 4. The van der Waals surface area contributed by atoms with E-state index in [2.05, 4.69) is 34.2 Å². The van der Waals surface area contributed by atoms with Crippen LogP contribution in [0.4, 0.5) is 10.6 Å². The van der Waals surface area contributed by atoms with Gasteiger partial charge in [-0.05, 0) is 81.4 Å². The van der Waals surface area contributed by atoms with Crippen LogP contribution < -0.4 is 5.32 Å². The van der Waals surface area contributed by atoms with Gasteiger partial charge >= 0.3 is 6.09 Å². The smallest absolute Gasteiger partial charge is 0.410 e. The second-order valence-electron chi connectivity index (χ2n) is 8.13. The minimum Gasteiger partial charge on any atom is -0.444 e. The molecule has 0 bridgehead atoms. The number of amides is 1. The summed E-state index contributed by atoms with van der Waals surface area (Å²) in [5.41, 5.74) is 1.65. The number of anilines is 1. The monoisotopic (exact) mass is 395 g/mol. The van der Waals surface area contributed by atoms with Crippen molar-refractivity contribution < 1.29 is 9.53 Å². The molecule has 5 nitrogen and oxygen atoms in total. The Hall–Kier alpha value is -1.30. The molecule has 1 aromatic heterocycles. The third-order valence-corrected chi connectivity index (χ3v) is 5.61. The number of aromatic nitrogens is 1. The Bertz CT molecular complexity index is 671. The largest absolute Gasteiger partial charge is 0.444 e. The molecule has 2 unspecified atom stereocenters. The average Bonchev–Trinajstić information content (AvgIpc) is 2.76. The number of carbonyl (C=O) groups is 1. The van der Waals surface area contributed by atoms with E-state index in [4.69, 9.17) is 9.72 Å². The minimum atomic E-state index is -0.468. The van der Waals surface area contributed by atoms with Gasteiger partial charge in [-0.2, -0.15) is 0 Å². The van der Waals surface area contributed by atoms with Crippen molar-refractivity contribution in [2.75, 3.05) is 11.9 Å². The topological polar surface area (TPSA) is 54.5 Å². The Labute approximate surface area is 152 Å². The van der Waals surface area contributed by atoms with Crippen molar-refractivity contribution in [1.29, 1.82) is 0 Å². The zero-order valence-corrected chi connectivity index (χ0v) is 16.7. The lowest BCUT2D eigenvalue weighted by Crippen LogP contribution is -2.46. The van der Waals surface area contributed by atoms with Crippen molar-refractivity contribution >= 4 is 27.8 Å². The van der Waals surface area contributed by atoms with Crippen molar-refractivity contribution in [3.8, 4) is 0 Å². The average molecular weight is 396 g/mol. The van der Waals surface area contributed by atoms with Crippen LogP contribution in [0.3, 0.4) is 0 Å². The molecule has 24 heavy (non-hydrogen) atoms. The number of hydrogen-bond donors (Lipinski definition) is 1. The summed E-state index contributed by atoms with van der Waals surface area (Å²) < 4.78 is 6.62. The first-order valence-electron chi connectivity index (χ1n) is 8.52. The highest BCUT2D eigenvalue weighted by Gasteiger charge is 2.47. The Morgan fingerprint density at radius 2 is 2.21 bits per heavy atom. The molecule has 0 saturated carbocycles. The molecule has 1 fully saturated rings. The van der Waals surface area contributed by atoms with Crippen LogP contribution in [0.1, 0.15) is 51.8 Å². The van der Waals surface area contributed by atoms with Crippen molar-refractivity contribution in [3.05, 3.63) is 21.8 Å². The SMILES string of the molecule is Cc1nc2c(cc1Br)CCC1(CC(C)N(C(=O)OC(C)(C)C)C1)N2. The van der Waals surface area contributed by atoms with Crippen LogP contribution in [0.25, 0.3) is 0 Å². The summed E-state index contributed by atoms with van der Waals surface area (Å²) in [7, 11) is 0. The predicted molar refractivity (Wildman–Crippen MR) is 98.4 cm³/mol. The highest BCUT2D eigenvalue weighted by molar-refractivity contribution is 9.10. The molecular weight excluding hydrogens is 370 g/mol. The van der Waals surface area contributed by atoms with E-state index in [1.54, 1.807) is 0 Å². The van der Waals surface area contributed by atoms with Gasteiger partial charge < -0.3 is 15.0 Å². The molecule has 0 aromatic carbocycles. The van der Waals surface area contributed by atoms with Gasteiger partial charge in [-0.25, -0.2) is 9.78 Å². The summed E-state index contributed by atoms with van der Waals surface area (Å²) >= 11 is 3.56. The Morgan fingerprint density at radius 3 is 2.88 bits per heavy atom. The second-order valence-corrected chi connectivity index (χ2v) is 8.98. The van der Waals surface area contributed by atoms with Crippen LogP contribution in [-0.4, -0.2) is 39.7 Å². The molecule has 1 N–H and O–H groups in total. The lowest BCUT2D eigenvalue weighted by molar-refractivity contribution is 0.0231. The van der Waals surface area contributed by atoms with Crippen LogP contribution in [0, 0.1) is 6.92 Å². The summed E-state index contributed by atoms with van der Waals surface area (Å²) in [4.78, 5) is 19.0. The van der Waals surface area contributed by atoms with E-state index >= 15 is 0 Å². The van der Waals surface area contributed by atoms with Crippen LogP contribution in [0.2, 0.25) is 0 Å². The third kappa shape index (κ3) is 3.39. The molecule has 1 saturated heterocycles. The second kappa shape index (κ2) is 5.90. The van der Waals surface area contributed by atoms with Crippen LogP contribution in [-0.2, 0) is 11.2 Å². The zero-order chi connectivity index (χ0) is 17.7. The predicted octanol–water partition coefficient (Wildman–Crippen LogP) is 4.28. The maximum absolute atomic E-state index is 12.5. The number of carbonyl (C=O) groups excluding carboxylic acids is 1. The zero-order valence-electron chi connectivity index (χ0n) is 15.1. The van der Waals surface area contributed by atoms with Gasteiger partial charge in [-0.3, -0.25) is 0 Å². The fourth-order valence-corrected chi connectivity index (χ4v) is 4.03. The number of aryl methyl sites for hydroxylation is 2. The Morgan fingerprint density at radius 1 is 1.50 bits per heavy atom. The third-order valence-electron chi connectivity index (χ3n) is 4.81. The van der Waals surface area contributed by atoms with E-state index in [1.807, 2.05) is 32.6 Å². The molecule has 1 aromatic rings. The van der Waals surface area contributed by atoms with Crippen molar-refractivity contribution in [2.24, 2.45) is 0 Å². The standard InChI is InChI=1S/C18H26BrN3O2/c1-11-9-18(10-22(11)16(23)24-17(3,4)5)7-6-13-8-14(19)12(2)20-15(13)21-18/h8,11H,6-7,9-10H2,1-5H3,(H,20,21). The summed E-state index contributed by atoms with van der Waals surface area (Å²) in [6.45, 7) is 10.5. The van der Waals surface area contributed by atoms with Gasteiger partial charge in [0.2, 0.25) is 0 Å². The van der Waals surface area contributed by atoms with E-state index in [0.29, 0.717) is 6.54 Å². The van der Waals surface area contributed by atoms with E-state index in [1.165, 1.54) is 5.56 Å². The normalized spacial score (nSPS) is 26.2. The fourth-order valence-electron chi connectivity index (χ4n) is 3.66. The number of ether oxygens (including phenoxy) is 1. The van der Waals surface area contributed by atoms with Gasteiger partial charge in [-0.1, -0.05) is 0 Å². The Kier molecular flexibility index (Phi) is 4.31. The molecule has 1 spiro atoms. The quantitative estimate of drug-likeness (QED) is 0.711. The Balaban J connectivity index is 1.78. The summed E-state index contributed by atoms with van der Waals surface area (Å²) in [6, 6.07) is 2.31. The van der Waals surface area contributed by atoms with Gasteiger partial charge in [0.15, 0.2) is 0 Å². The van der Waals surface area contributed by atoms with Gasteiger partial charge in [0.1, 0.15) is 11.4 Å². The summed E-state index contributed by atoms with van der Waals surface area (Å²) in [6.07, 6.45) is 2.67. The number of nitrogens with zero attached hydrogens (tertiary/aromatic N) is 2. The summed E-state index contributed by atoms with van der Waals surface area (Å²) in [5, 5.41) is 3.64. The fraction of sp³-hybridized carbons (Fsp3) is 0.667. The van der Waals surface area contributed by atoms with E-state index in [-0.39, 0.29) is 17.7 Å². The highest BCUT2D eigenvalue weighted by Crippen LogP contribution is 2.40. The van der Waals surface area contributed by atoms with E-state index in [0.717, 1.165) is 35.2 Å². The van der Waals surface area contributed by atoms with Gasteiger partial charge in [-0.15, -0.1) is 0 Å². The molecule has 0 radical (unpaired) electrons. The maximum atomic E-state index is 12.5. The first-order chi connectivity index (χ1) is 11.1. The lowest BCUT2D eigenvalue weighted by Gasteiger charge is -2.36. The number of likely N-dealkylation sites (tertiary alicyclic amines) is 1. The first kappa shape index (κ1) is 17.5. The molecule has 6 heteroatoms. The lowest BCUT2D eigenvalue weighted by atomic mass is 9.85. The number of fused-ring (bicyclic) bond motifs is 1. The van der Waals surface area contributed by atoms with Gasteiger partial charge in [0.25, 0.3) is 0 Å². The van der Waals surface area contributed by atoms with Crippen LogP contribution in [0.5, 0.6) is 0 Å². The first-order valence-corrected chi connectivity index (χ1v) is 9.32. The van der Waals surface area contributed by atoms with Crippen molar-refractivity contribution in [3.63, 3.8) is 0 Å². The number of rotatable bonds is 0. The highest BCUT2D eigenvalue weighted by atomic mass is 79.9. The molecule has 2 aliphatic heterocycles. The summed E-state index contributed by atoms with van der Waals surface area (Å²) in [5.74, 6) is 0.959. The van der Waals surface area contributed by atoms with Gasteiger partial charge in [0.05, 0.1) is 11.2 Å². The number of pyridine rings is 1. The van der Waals surface area contributed by atoms with Crippen molar-refractivity contribution in [2.45, 2.75) is 71.1 Å². The molecular formula is C18H26BrN3O2. The van der Waals surface area contributed by atoms with E-state index < -0.39 is 5.60 Å².